The quantitative estimate of drug-likeness (QED) is 0.853. The zero-order chi connectivity index (χ0) is 10.8. The van der Waals surface area contributed by atoms with Crippen LogP contribution < -0.4 is 5.73 Å². The molecule has 0 fully saturated rings. The number of nitrogen functional groups attached to an aromatic ring is 1. The standard InChI is InChI=1S/C10H9ClFN3/c11-8-2-1-3-9(12)7(8)4-15-5-10(13)14-6-15/h1-3,5-6H,4,13H2. The highest BCUT2D eigenvalue weighted by atomic mass is 35.5. The van der Waals surface area contributed by atoms with E-state index < -0.39 is 0 Å². The highest BCUT2D eigenvalue weighted by molar-refractivity contribution is 6.31. The zero-order valence-corrected chi connectivity index (χ0v) is 8.58. The Hall–Kier alpha value is -1.55. The van der Waals surface area contributed by atoms with Crippen molar-refractivity contribution in [3.63, 3.8) is 0 Å². The minimum absolute atomic E-state index is 0.324. The number of hydrogen-bond donors (Lipinski definition) is 1. The van der Waals surface area contributed by atoms with Gasteiger partial charge < -0.3 is 10.3 Å². The Balaban J connectivity index is 2.31. The van der Waals surface area contributed by atoms with E-state index in [1.807, 2.05) is 0 Å². The number of halogens is 2. The molecule has 0 amide bonds. The molecule has 0 saturated carbocycles. The molecule has 0 saturated heterocycles. The Kier molecular flexibility index (Phi) is 2.60. The molecule has 0 radical (unpaired) electrons. The van der Waals surface area contributed by atoms with Gasteiger partial charge in [-0.25, -0.2) is 9.37 Å². The molecule has 1 aromatic carbocycles. The van der Waals surface area contributed by atoms with Gasteiger partial charge in [-0.15, -0.1) is 0 Å². The van der Waals surface area contributed by atoms with Crippen molar-refractivity contribution in [2.45, 2.75) is 6.54 Å². The lowest BCUT2D eigenvalue weighted by atomic mass is 10.2. The van der Waals surface area contributed by atoms with Gasteiger partial charge in [0.1, 0.15) is 11.6 Å². The second-order valence-corrected chi connectivity index (χ2v) is 3.58. The van der Waals surface area contributed by atoms with Gasteiger partial charge >= 0.3 is 0 Å². The largest absolute Gasteiger partial charge is 0.382 e. The van der Waals surface area contributed by atoms with Crippen molar-refractivity contribution in [1.82, 2.24) is 9.55 Å². The number of rotatable bonds is 2. The van der Waals surface area contributed by atoms with Gasteiger partial charge in [0.05, 0.1) is 12.9 Å². The smallest absolute Gasteiger partial charge is 0.141 e. The first-order valence-corrected chi connectivity index (χ1v) is 4.75. The molecule has 0 aliphatic rings. The summed E-state index contributed by atoms with van der Waals surface area (Å²) in [6.45, 7) is 0.329. The Morgan fingerprint density at radius 3 is 2.87 bits per heavy atom. The Morgan fingerprint density at radius 2 is 2.27 bits per heavy atom. The molecule has 0 aliphatic heterocycles. The van der Waals surface area contributed by atoms with Gasteiger partial charge in [-0.3, -0.25) is 0 Å². The number of imidazole rings is 1. The third-order valence-corrected chi connectivity index (χ3v) is 2.41. The molecular weight excluding hydrogens is 217 g/mol. The van der Waals surface area contributed by atoms with Crippen LogP contribution in [0, 0.1) is 5.82 Å². The maximum atomic E-state index is 13.4. The van der Waals surface area contributed by atoms with Gasteiger partial charge in [-0.05, 0) is 12.1 Å². The summed E-state index contributed by atoms with van der Waals surface area (Å²) < 4.78 is 15.1. The van der Waals surface area contributed by atoms with E-state index in [1.165, 1.54) is 12.4 Å². The van der Waals surface area contributed by atoms with Gasteiger partial charge in [-0.2, -0.15) is 0 Å². The van der Waals surface area contributed by atoms with Crippen LogP contribution in [-0.4, -0.2) is 9.55 Å². The second-order valence-electron chi connectivity index (χ2n) is 3.17. The summed E-state index contributed by atoms with van der Waals surface area (Å²) in [5.41, 5.74) is 5.89. The van der Waals surface area contributed by atoms with Crippen LogP contribution in [0.2, 0.25) is 5.02 Å². The van der Waals surface area contributed by atoms with E-state index in [1.54, 1.807) is 22.9 Å². The second kappa shape index (κ2) is 3.90. The number of anilines is 1. The van der Waals surface area contributed by atoms with Crippen LogP contribution in [0.15, 0.2) is 30.7 Å². The maximum Gasteiger partial charge on any atom is 0.141 e. The molecule has 78 valence electrons. The lowest BCUT2D eigenvalue weighted by Crippen LogP contribution is -2.00. The van der Waals surface area contributed by atoms with Crippen LogP contribution in [0.5, 0.6) is 0 Å². The van der Waals surface area contributed by atoms with Crippen molar-refractivity contribution >= 4 is 17.4 Å². The van der Waals surface area contributed by atoms with Crippen molar-refractivity contribution in [3.8, 4) is 0 Å². The van der Waals surface area contributed by atoms with E-state index in [0.717, 1.165) is 0 Å². The van der Waals surface area contributed by atoms with Crippen molar-refractivity contribution in [2.24, 2.45) is 0 Å². The number of nitrogens with zero attached hydrogens (tertiary/aromatic N) is 2. The molecule has 0 bridgehead atoms. The van der Waals surface area contributed by atoms with Crippen molar-refractivity contribution in [2.75, 3.05) is 5.73 Å². The van der Waals surface area contributed by atoms with Crippen LogP contribution in [0.25, 0.3) is 0 Å². The predicted molar refractivity (Wildman–Crippen MR) is 57.2 cm³/mol. The van der Waals surface area contributed by atoms with Crippen LogP contribution in [0.1, 0.15) is 5.56 Å². The van der Waals surface area contributed by atoms with Gasteiger partial charge in [-0.1, -0.05) is 17.7 Å². The SMILES string of the molecule is Nc1cn(Cc2c(F)cccc2Cl)cn1. The first-order chi connectivity index (χ1) is 7.16. The van der Waals surface area contributed by atoms with E-state index in [4.69, 9.17) is 17.3 Å². The summed E-state index contributed by atoms with van der Waals surface area (Å²) >= 11 is 5.88. The minimum Gasteiger partial charge on any atom is -0.382 e. The molecular formula is C10H9ClFN3. The summed E-state index contributed by atoms with van der Waals surface area (Å²) in [7, 11) is 0. The van der Waals surface area contributed by atoms with E-state index in [2.05, 4.69) is 4.98 Å². The first-order valence-electron chi connectivity index (χ1n) is 4.37. The van der Waals surface area contributed by atoms with E-state index in [9.17, 15) is 4.39 Å². The highest BCUT2D eigenvalue weighted by Gasteiger charge is 2.07. The molecule has 5 heteroatoms. The molecule has 2 rings (SSSR count). The van der Waals surface area contributed by atoms with Crippen LogP contribution in [0.3, 0.4) is 0 Å². The Bertz CT molecular complexity index is 461. The summed E-state index contributed by atoms with van der Waals surface area (Å²) in [4.78, 5) is 3.85. The molecule has 2 aromatic rings. The number of hydrogen-bond acceptors (Lipinski definition) is 2. The van der Waals surface area contributed by atoms with Gasteiger partial charge in [0.2, 0.25) is 0 Å². The maximum absolute atomic E-state index is 13.4. The third-order valence-electron chi connectivity index (χ3n) is 2.06. The fourth-order valence-electron chi connectivity index (χ4n) is 1.33. The number of nitrogens with two attached hydrogens (primary N) is 1. The molecule has 0 atom stereocenters. The molecule has 1 heterocycles. The lowest BCUT2D eigenvalue weighted by molar-refractivity contribution is 0.599. The van der Waals surface area contributed by atoms with E-state index in [0.29, 0.717) is 22.9 Å². The normalized spacial score (nSPS) is 10.5. The predicted octanol–water partition coefficient (Wildman–Crippen LogP) is 2.31. The average molecular weight is 226 g/mol. The molecule has 15 heavy (non-hydrogen) atoms. The van der Waals surface area contributed by atoms with Crippen molar-refractivity contribution in [3.05, 3.63) is 47.1 Å². The monoisotopic (exact) mass is 225 g/mol. The number of benzene rings is 1. The first kappa shape index (κ1) is 9.98. The van der Waals surface area contributed by atoms with Crippen molar-refractivity contribution < 1.29 is 4.39 Å². The molecule has 3 nitrogen and oxygen atoms in total. The minimum atomic E-state index is -0.324. The van der Waals surface area contributed by atoms with Crippen LogP contribution in [-0.2, 0) is 6.54 Å². The third kappa shape index (κ3) is 2.10. The topological polar surface area (TPSA) is 43.8 Å². The van der Waals surface area contributed by atoms with Crippen molar-refractivity contribution in [1.29, 1.82) is 0 Å². The van der Waals surface area contributed by atoms with E-state index >= 15 is 0 Å². The summed E-state index contributed by atoms with van der Waals surface area (Å²) in [6.07, 6.45) is 3.17. The lowest BCUT2D eigenvalue weighted by Gasteiger charge is -2.05. The van der Waals surface area contributed by atoms with Gasteiger partial charge in [0.25, 0.3) is 0 Å². The molecule has 0 spiro atoms. The summed E-state index contributed by atoms with van der Waals surface area (Å²) in [5, 5.41) is 0.405. The molecule has 2 N–H and O–H groups in total. The Labute approximate surface area is 91.3 Å². The molecule has 1 aromatic heterocycles. The summed E-state index contributed by atoms with van der Waals surface area (Å²) in [6, 6.07) is 4.60. The zero-order valence-electron chi connectivity index (χ0n) is 7.82. The van der Waals surface area contributed by atoms with Gasteiger partial charge in [0, 0.05) is 16.8 Å². The highest BCUT2D eigenvalue weighted by Crippen LogP contribution is 2.20. The van der Waals surface area contributed by atoms with E-state index in [-0.39, 0.29) is 5.82 Å². The molecule has 0 unspecified atom stereocenters. The molecule has 0 aliphatic carbocycles. The fourth-order valence-corrected chi connectivity index (χ4v) is 1.55. The average Bonchev–Trinajstić information content (AvgIpc) is 2.58. The number of aromatic nitrogens is 2. The fraction of sp³-hybridized carbons (Fsp3) is 0.100. The van der Waals surface area contributed by atoms with Crippen LogP contribution >= 0.6 is 11.6 Å². The van der Waals surface area contributed by atoms with Gasteiger partial charge in [0.15, 0.2) is 0 Å². The Morgan fingerprint density at radius 1 is 1.47 bits per heavy atom. The summed E-state index contributed by atoms with van der Waals surface area (Å²) in [5.74, 6) is 0.0808. The van der Waals surface area contributed by atoms with Crippen LogP contribution in [0.4, 0.5) is 10.2 Å².